The van der Waals surface area contributed by atoms with Gasteiger partial charge in [0.05, 0.1) is 11.5 Å². The van der Waals surface area contributed by atoms with Crippen LogP contribution in [0.2, 0.25) is 0 Å². The summed E-state index contributed by atoms with van der Waals surface area (Å²) in [5.74, 6) is 0.741. The molecular formula is C13H21N. The monoisotopic (exact) mass is 191 g/mol. The molecular weight excluding hydrogens is 170 g/mol. The molecule has 1 nitrogen and oxygen atoms in total. The van der Waals surface area contributed by atoms with Crippen LogP contribution < -0.4 is 0 Å². The lowest BCUT2D eigenvalue weighted by Crippen LogP contribution is -2.26. The first-order chi connectivity index (χ1) is 6.87. The van der Waals surface area contributed by atoms with Crippen LogP contribution in [0.1, 0.15) is 64.2 Å². The van der Waals surface area contributed by atoms with Crippen LogP contribution in [0.3, 0.4) is 0 Å². The minimum atomic E-state index is 0.0903. The maximum Gasteiger partial charge on any atom is 0.0692 e. The lowest BCUT2D eigenvalue weighted by atomic mass is 9.70. The van der Waals surface area contributed by atoms with E-state index in [2.05, 4.69) is 6.07 Å². The molecule has 14 heavy (non-hydrogen) atoms. The molecule has 0 spiro atoms. The van der Waals surface area contributed by atoms with Gasteiger partial charge in [0.1, 0.15) is 0 Å². The smallest absolute Gasteiger partial charge is 0.0692 e. The number of rotatable bonds is 1. The van der Waals surface area contributed by atoms with Gasteiger partial charge in [0.25, 0.3) is 0 Å². The Morgan fingerprint density at radius 3 is 1.93 bits per heavy atom. The van der Waals surface area contributed by atoms with Gasteiger partial charge in [-0.05, 0) is 31.6 Å². The van der Waals surface area contributed by atoms with Gasteiger partial charge in [0.15, 0.2) is 0 Å². The van der Waals surface area contributed by atoms with E-state index in [1.807, 2.05) is 0 Å². The van der Waals surface area contributed by atoms with E-state index >= 15 is 0 Å². The topological polar surface area (TPSA) is 23.8 Å². The summed E-state index contributed by atoms with van der Waals surface area (Å²) < 4.78 is 0. The molecule has 0 aromatic heterocycles. The first-order valence-electron chi connectivity index (χ1n) is 6.29. The molecule has 0 N–H and O–H groups in total. The lowest BCUT2D eigenvalue weighted by Gasteiger charge is -2.31. The second kappa shape index (κ2) is 4.34. The predicted molar refractivity (Wildman–Crippen MR) is 57.7 cm³/mol. The molecule has 0 radical (unpaired) electrons. The molecule has 0 saturated heterocycles. The van der Waals surface area contributed by atoms with E-state index in [1.54, 1.807) is 0 Å². The second-order valence-corrected chi connectivity index (χ2v) is 5.16. The van der Waals surface area contributed by atoms with E-state index < -0.39 is 0 Å². The standard InChI is InChI=1S/C13H21N/c14-11-13(12-7-3-4-8-12)9-5-1-2-6-10-13/h12H,1-10H2. The maximum absolute atomic E-state index is 9.48. The normalized spacial score (nSPS) is 28.2. The number of hydrogen-bond acceptors (Lipinski definition) is 1. The Morgan fingerprint density at radius 1 is 0.857 bits per heavy atom. The Balaban J connectivity index is 2.10. The van der Waals surface area contributed by atoms with Gasteiger partial charge in [-0.2, -0.15) is 5.26 Å². The first-order valence-corrected chi connectivity index (χ1v) is 6.29. The van der Waals surface area contributed by atoms with Crippen molar-refractivity contribution in [3.8, 4) is 6.07 Å². The Labute approximate surface area is 87.5 Å². The lowest BCUT2D eigenvalue weighted by molar-refractivity contribution is 0.210. The molecule has 0 bridgehead atoms. The fourth-order valence-corrected chi connectivity index (χ4v) is 3.45. The summed E-state index contributed by atoms with van der Waals surface area (Å²) in [7, 11) is 0. The van der Waals surface area contributed by atoms with Gasteiger partial charge >= 0.3 is 0 Å². The zero-order chi connectivity index (χ0) is 9.86. The highest BCUT2D eigenvalue weighted by Gasteiger charge is 2.40. The highest BCUT2D eigenvalue weighted by molar-refractivity contribution is 5.04. The molecule has 2 aliphatic carbocycles. The molecule has 0 aromatic rings. The first kappa shape index (κ1) is 10.0. The van der Waals surface area contributed by atoms with Gasteiger partial charge in [-0.3, -0.25) is 0 Å². The van der Waals surface area contributed by atoms with E-state index in [0.29, 0.717) is 0 Å². The second-order valence-electron chi connectivity index (χ2n) is 5.16. The predicted octanol–water partition coefficient (Wildman–Crippen LogP) is 4.04. The summed E-state index contributed by atoms with van der Waals surface area (Å²) in [5.41, 5.74) is 0.0903. The molecule has 2 saturated carbocycles. The van der Waals surface area contributed by atoms with Crippen molar-refractivity contribution in [3.63, 3.8) is 0 Å². The fraction of sp³-hybridized carbons (Fsp3) is 0.923. The van der Waals surface area contributed by atoms with Crippen LogP contribution in [0, 0.1) is 22.7 Å². The summed E-state index contributed by atoms with van der Waals surface area (Å²) in [6.07, 6.45) is 13.1. The molecule has 1 heteroatoms. The van der Waals surface area contributed by atoms with Crippen molar-refractivity contribution in [2.24, 2.45) is 11.3 Å². The van der Waals surface area contributed by atoms with Gasteiger partial charge in [0.2, 0.25) is 0 Å². The number of nitrogens with zero attached hydrogens (tertiary/aromatic N) is 1. The average Bonchev–Trinajstić information content (AvgIpc) is 2.64. The molecule has 0 aromatic carbocycles. The summed E-state index contributed by atoms with van der Waals surface area (Å²) in [6.45, 7) is 0. The van der Waals surface area contributed by atoms with Crippen LogP contribution in [0.25, 0.3) is 0 Å². The molecule has 0 heterocycles. The largest absolute Gasteiger partial charge is 0.198 e. The zero-order valence-corrected chi connectivity index (χ0v) is 9.10. The van der Waals surface area contributed by atoms with E-state index in [1.165, 1.54) is 64.2 Å². The highest BCUT2D eigenvalue weighted by Crippen LogP contribution is 2.47. The van der Waals surface area contributed by atoms with Crippen molar-refractivity contribution >= 4 is 0 Å². The van der Waals surface area contributed by atoms with Crippen molar-refractivity contribution < 1.29 is 0 Å². The van der Waals surface area contributed by atoms with Gasteiger partial charge < -0.3 is 0 Å². The molecule has 0 atom stereocenters. The van der Waals surface area contributed by atoms with Crippen LogP contribution in [-0.2, 0) is 0 Å². The molecule has 0 amide bonds. The van der Waals surface area contributed by atoms with E-state index in [9.17, 15) is 5.26 Å². The Morgan fingerprint density at radius 2 is 1.43 bits per heavy atom. The Hall–Kier alpha value is -0.510. The van der Waals surface area contributed by atoms with Crippen molar-refractivity contribution in [1.29, 1.82) is 5.26 Å². The third-order valence-corrected chi connectivity index (χ3v) is 4.36. The van der Waals surface area contributed by atoms with Crippen LogP contribution in [0.4, 0.5) is 0 Å². The highest BCUT2D eigenvalue weighted by atomic mass is 14.5. The summed E-state index contributed by atoms with van der Waals surface area (Å²) in [6, 6.07) is 2.70. The van der Waals surface area contributed by atoms with E-state index in [4.69, 9.17) is 0 Å². The van der Waals surface area contributed by atoms with Crippen molar-refractivity contribution in [2.75, 3.05) is 0 Å². The van der Waals surface area contributed by atoms with Gasteiger partial charge in [0, 0.05) is 0 Å². The minimum Gasteiger partial charge on any atom is -0.198 e. The van der Waals surface area contributed by atoms with Gasteiger partial charge in [-0.25, -0.2) is 0 Å². The number of hydrogen-bond donors (Lipinski definition) is 0. The van der Waals surface area contributed by atoms with Crippen molar-refractivity contribution in [3.05, 3.63) is 0 Å². The molecule has 2 fully saturated rings. The summed E-state index contributed by atoms with van der Waals surface area (Å²) >= 11 is 0. The maximum atomic E-state index is 9.48. The van der Waals surface area contributed by atoms with Crippen LogP contribution in [0.5, 0.6) is 0 Å². The van der Waals surface area contributed by atoms with Crippen LogP contribution >= 0.6 is 0 Å². The third kappa shape index (κ3) is 1.80. The summed E-state index contributed by atoms with van der Waals surface area (Å²) in [5, 5.41) is 9.48. The Bertz CT molecular complexity index is 212. The molecule has 0 unspecified atom stereocenters. The number of nitriles is 1. The Kier molecular flexibility index (Phi) is 3.11. The van der Waals surface area contributed by atoms with Crippen molar-refractivity contribution in [1.82, 2.24) is 0 Å². The zero-order valence-electron chi connectivity index (χ0n) is 9.10. The average molecular weight is 191 g/mol. The SMILES string of the molecule is N#CC1(C2CCCC2)CCCCCC1. The van der Waals surface area contributed by atoms with E-state index in [-0.39, 0.29) is 5.41 Å². The van der Waals surface area contributed by atoms with Gasteiger partial charge in [-0.15, -0.1) is 0 Å². The van der Waals surface area contributed by atoms with Gasteiger partial charge in [-0.1, -0.05) is 38.5 Å². The van der Waals surface area contributed by atoms with Crippen LogP contribution in [-0.4, -0.2) is 0 Å². The molecule has 2 rings (SSSR count). The van der Waals surface area contributed by atoms with Crippen LogP contribution in [0.15, 0.2) is 0 Å². The van der Waals surface area contributed by atoms with E-state index in [0.717, 1.165) is 5.92 Å². The minimum absolute atomic E-state index is 0.0903. The van der Waals surface area contributed by atoms with Crippen molar-refractivity contribution in [2.45, 2.75) is 64.2 Å². The molecule has 2 aliphatic rings. The fourth-order valence-electron chi connectivity index (χ4n) is 3.45. The quantitative estimate of drug-likeness (QED) is 0.574. The molecule has 0 aliphatic heterocycles. The summed E-state index contributed by atoms with van der Waals surface area (Å²) in [4.78, 5) is 0. The molecule has 78 valence electrons. The third-order valence-electron chi connectivity index (χ3n) is 4.36.